The second-order valence-corrected chi connectivity index (χ2v) is 12.4. The number of aromatic hydroxyl groups is 1. The van der Waals surface area contributed by atoms with Gasteiger partial charge < -0.3 is 20.5 Å². The minimum absolute atomic E-state index is 0.106. The third-order valence-electron chi connectivity index (χ3n) is 9.61. The van der Waals surface area contributed by atoms with E-state index in [-0.39, 0.29) is 17.3 Å². The monoisotopic (exact) mass is 535 g/mol. The van der Waals surface area contributed by atoms with Gasteiger partial charge in [0, 0.05) is 22.4 Å². The van der Waals surface area contributed by atoms with Crippen LogP contribution in [0.5, 0.6) is 11.8 Å². The Morgan fingerprint density at radius 2 is 1.84 bits per heavy atom. The molecule has 1 saturated carbocycles. The summed E-state index contributed by atoms with van der Waals surface area (Å²) < 4.78 is 6.50. The van der Waals surface area contributed by atoms with Crippen molar-refractivity contribution in [2.75, 3.05) is 32.8 Å². The highest BCUT2D eigenvalue weighted by Gasteiger charge is 2.45. The van der Waals surface area contributed by atoms with E-state index >= 15 is 0 Å². The zero-order valence-corrected chi connectivity index (χ0v) is 23.0. The summed E-state index contributed by atoms with van der Waals surface area (Å²) >= 11 is 6.67. The van der Waals surface area contributed by atoms with E-state index in [1.165, 1.54) is 38.8 Å². The summed E-state index contributed by atoms with van der Waals surface area (Å²) in [5, 5.41) is 20.3. The number of nitrogens with zero attached hydrogens (tertiary/aromatic N) is 3. The number of hydrogen-bond donors (Lipinski definition) is 3. The van der Waals surface area contributed by atoms with Gasteiger partial charge in [0.15, 0.2) is 0 Å². The van der Waals surface area contributed by atoms with Crippen molar-refractivity contribution >= 4 is 23.4 Å². The number of aromatic nitrogens is 2. The highest BCUT2D eigenvalue weighted by molar-refractivity contribution is 6.31. The molecule has 0 radical (unpaired) electrons. The topological polar surface area (TPSA) is 82.5 Å². The maximum Gasteiger partial charge on any atom is 0.317 e. The van der Waals surface area contributed by atoms with Gasteiger partial charge in [-0.25, -0.2) is 0 Å². The third-order valence-corrected chi connectivity index (χ3v) is 9.92. The third kappa shape index (κ3) is 4.27. The van der Waals surface area contributed by atoms with Gasteiger partial charge in [0.2, 0.25) is 0 Å². The van der Waals surface area contributed by atoms with Crippen molar-refractivity contribution in [1.82, 2.24) is 25.5 Å². The quantitative estimate of drug-likeness (QED) is 0.522. The van der Waals surface area contributed by atoms with Gasteiger partial charge in [0.25, 0.3) is 0 Å². The Labute approximate surface area is 229 Å². The van der Waals surface area contributed by atoms with Gasteiger partial charge in [0.1, 0.15) is 12.4 Å². The molecule has 3 saturated heterocycles. The first-order valence-electron chi connectivity index (χ1n) is 14.5. The van der Waals surface area contributed by atoms with E-state index in [4.69, 9.17) is 26.3 Å². The molecule has 1 aliphatic carbocycles. The van der Waals surface area contributed by atoms with Gasteiger partial charge in [-0.3, -0.25) is 4.90 Å². The zero-order chi connectivity index (χ0) is 25.9. The molecule has 202 valence electrons. The largest absolute Gasteiger partial charge is 0.508 e. The Kier molecular flexibility index (Phi) is 6.29. The molecular formula is C30H38ClN5O2. The number of fused-ring (bicyclic) bond motifs is 2. The molecule has 4 fully saturated rings. The van der Waals surface area contributed by atoms with E-state index in [1.807, 2.05) is 6.07 Å². The molecule has 1 unspecified atom stereocenters. The number of phenols is 1. The predicted octanol–water partition coefficient (Wildman–Crippen LogP) is 3.44. The van der Waals surface area contributed by atoms with E-state index in [0.717, 1.165) is 71.7 Å². The van der Waals surface area contributed by atoms with Crippen LogP contribution >= 0.6 is 11.6 Å². The van der Waals surface area contributed by atoms with Crippen molar-refractivity contribution in [2.45, 2.75) is 81.7 Å². The van der Waals surface area contributed by atoms with E-state index in [2.05, 4.69) is 28.7 Å². The molecule has 5 aliphatic rings. The summed E-state index contributed by atoms with van der Waals surface area (Å²) in [4.78, 5) is 12.8. The first-order valence-corrected chi connectivity index (χ1v) is 14.9. The van der Waals surface area contributed by atoms with Gasteiger partial charge in [-0.05, 0) is 119 Å². The maximum absolute atomic E-state index is 10.5. The van der Waals surface area contributed by atoms with Crippen molar-refractivity contribution in [3.05, 3.63) is 44.5 Å². The number of nitrogens with one attached hydrogen (secondary N) is 2. The Bertz CT molecular complexity index is 1360. The summed E-state index contributed by atoms with van der Waals surface area (Å²) in [6.45, 7) is 7.18. The molecule has 38 heavy (non-hydrogen) atoms. The van der Waals surface area contributed by atoms with Crippen LogP contribution in [-0.4, -0.2) is 58.3 Å². The summed E-state index contributed by atoms with van der Waals surface area (Å²) in [6, 6.07) is 3.95. The lowest BCUT2D eigenvalue weighted by Gasteiger charge is -2.31. The lowest BCUT2D eigenvalue weighted by molar-refractivity contribution is 0.107. The minimum atomic E-state index is -0.106. The molecule has 7 nitrogen and oxygen atoms in total. The molecule has 2 aromatic rings. The molecule has 1 atom stereocenters. The fourth-order valence-corrected chi connectivity index (χ4v) is 7.83. The minimum Gasteiger partial charge on any atom is -0.508 e. The molecule has 1 aromatic carbocycles. The second kappa shape index (κ2) is 9.68. The second-order valence-electron chi connectivity index (χ2n) is 12.0. The fourth-order valence-electron chi connectivity index (χ4n) is 7.46. The summed E-state index contributed by atoms with van der Waals surface area (Å²) in [5.41, 5.74) is 4.58. The molecular weight excluding hydrogens is 498 g/mol. The van der Waals surface area contributed by atoms with Crippen LogP contribution in [0, 0.1) is 0 Å². The van der Waals surface area contributed by atoms with Crippen LogP contribution in [0.25, 0.3) is 11.8 Å². The molecule has 5 heterocycles. The Morgan fingerprint density at radius 3 is 2.58 bits per heavy atom. The van der Waals surface area contributed by atoms with Crippen LogP contribution in [-0.2, 0) is 0 Å². The lowest BCUT2D eigenvalue weighted by atomic mass is 9.89. The molecule has 7 rings (SSSR count). The van der Waals surface area contributed by atoms with Crippen LogP contribution in [0.4, 0.5) is 0 Å². The van der Waals surface area contributed by atoms with Crippen LogP contribution < -0.4 is 25.9 Å². The normalized spacial score (nSPS) is 25.0. The van der Waals surface area contributed by atoms with Crippen LogP contribution in [0.1, 0.15) is 93.0 Å². The Morgan fingerprint density at radius 1 is 1.08 bits per heavy atom. The van der Waals surface area contributed by atoms with Crippen molar-refractivity contribution < 1.29 is 9.84 Å². The Balaban J connectivity index is 1.31. The highest BCUT2D eigenvalue weighted by atomic mass is 35.5. The molecule has 0 amide bonds. The van der Waals surface area contributed by atoms with Gasteiger partial charge in [0.05, 0.1) is 22.6 Å². The summed E-state index contributed by atoms with van der Waals surface area (Å²) in [6.07, 6.45) is 11.4. The van der Waals surface area contributed by atoms with Gasteiger partial charge in [-0.2, -0.15) is 9.97 Å². The smallest absolute Gasteiger partial charge is 0.317 e. The van der Waals surface area contributed by atoms with Crippen molar-refractivity contribution in [3.63, 3.8) is 0 Å². The number of rotatable bonds is 6. The van der Waals surface area contributed by atoms with E-state index in [1.54, 1.807) is 6.07 Å². The SMILES string of the molecule is CC1=c2nc(OCC34CCCN3CCC4)nc(C3CCNCC3)c2=CNC1c1cc(O)cc(Cl)c1C1CC1. The van der Waals surface area contributed by atoms with E-state index in [9.17, 15) is 5.11 Å². The van der Waals surface area contributed by atoms with Crippen LogP contribution in [0.2, 0.25) is 5.02 Å². The first-order chi connectivity index (χ1) is 18.5. The predicted molar refractivity (Wildman–Crippen MR) is 149 cm³/mol. The van der Waals surface area contributed by atoms with Gasteiger partial charge in [-0.15, -0.1) is 0 Å². The number of piperidine rings is 1. The number of hydrogen-bond acceptors (Lipinski definition) is 7. The van der Waals surface area contributed by atoms with Crippen LogP contribution in [0.15, 0.2) is 12.1 Å². The molecule has 3 N–H and O–H groups in total. The number of ether oxygens (including phenoxy) is 1. The van der Waals surface area contributed by atoms with Crippen molar-refractivity contribution in [3.8, 4) is 11.8 Å². The molecule has 1 aromatic heterocycles. The maximum atomic E-state index is 10.5. The van der Waals surface area contributed by atoms with Crippen molar-refractivity contribution in [2.24, 2.45) is 0 Å². The first kappa shape index (κ1) is 24.7. The fraction of sp³-hybridized carbons (Fsp3) is 0.600. The molecule has 0 spiro atoms. The molecule has 8 heteroatoms. The van der Waals surface area contributed by atoms with Crippen LogP contribution in [0.3, 0.4) is 0 Å². The number of benzene rings is 1. The standard InChI is InChI=1S/C30H38ClN5O2/c1-18-26(22-14-21(37)15-24(31)25(22)19-4-5-19)33-16-23-27(18)34-29(35-28(23)20-6-10-32-11-7-20)38-17-30-8-2-12-36(30)13-3-9-30/h14-16,19-20,26,32-33,37H,2-13,17H2,1H3. The lowest BCUT2D eigenvalue weighted by Crippen LogP contribution is -2.46. The Hall–Kier alpha value is -2.35. The highest BCUT2D eigenvalue weighted by Crippen LogP contribution is 2.48. The van der Waals surface area contributed by atoms with Crippen molar-refractivity contribution in [1.29, 1.82) is 0 Å². The van der Waals surface area contributed by atoms with E-state index in [0.29, 0.717) is 29.5 Å². The average Bonchev–Trinajstić information content (AvgIpc) is 3.55. The summed E-state index contributed by atoms with van der Waals surface area (Å²) in [7, 11) is 0. The molecule has 0 bridgehead atoms. The van der Waals surface area contributed by atoms with Gasteiger partial charge in [-0.1, -0.05) is 11.6 Å². The number of halogens is 1. The summed E-state index contributed by atoms with van der Waals surface area (Å²) in [5.74, 6) is 1.04. The zero-order valence-electron chi connectivity index (χ0n) is 22.2. The average molecular weight is 536 g/mol. The van der Waals surface area contributed by atoms with E-state index < -0.39 is 0 Å². The number of phenolic OH excluding ortho intramolecular Hbond substituents is 1. The molecule has 4 aliphatic heterocycles. The van der Waals surface area contributed by atoms with Gasteiger partial charge >= 0.3 is 6.01 Å².